The summed E-state index contributed by atoms with van der Waals surface area (Å²) < 4.78 is 0. The molecule has 1 heterocycles. The first-order chi connectivity index (χ1) is 10.6. The maximum atomic E-state index is 8.00. The number of hydrogen-bond donors (Lipinski definition) is 3. The number of nitrogens with two attached hydrogens (primary N) is 2. The fourth-order valence-corrected chi connectivity index (χ4v) is 1.98. The normalized spacial score (nSPS) is 12.0. The van der Waals surface area contributed by atoms with Gasteiger partial charge in [0.25, 0.3) is 0 Å². The Morgan fingerprint density at radius 3 is 2.14 bits per heavy atom. The standard InChI is InChI=1S/C9H11N3.C6H6ClN.CH2O/c10-8-3-1-2-7(6-8)9-11-4-5-12-9;7-5-2-1-3-6(8)4-5;1-2/h1-3,6H,4-5,10H2,(H,11,12);1-4H,8H2;1H2. The van der Waals surface area contributed by atoms with Gasteiger partial charge < -0.3 is 21.6 Å². The lowest BCUT2D eigenvalue weighted by Gasteiger charge is -2.02. The Morgan fingerprint density at radius 1 is 1.05 bits per heavy atom. The predicted octanol–water partition coefficient (Wildman–Crippen LogP) is 2.36. The molecule has 0 spiro atoms. The van der Waals surface area contributed by atoms with Crippen molar-refractivity contribution in [1.29, 1.82) is 0 Å². The van der Waals surface area contributed by atoms with Crippen molar-refractivity contribution in [2.24, 2.45) is 4.99 Å². The van der Waals surface area contributed by atoms with Crippen molar-refractivity contribution in [2.75, 3.05) is 24.6 Å². The third-order valence-electron chi connectivity index (χ3n) is 2.68. The molecule has 1 aliphatic rings. The van der Waals surface area contributed by atoms with Crippen LogP contribution in [0.2, 0.25) is 5.02 Å². The summed E-state index contributed by atoms with van der Waals surface area (Å²) in [5.74, 6) is 0.960. The number of rotatable bonds is 1. The van der Waals surface area contributed by atoms with Crippen LogP contribution in [0.1, 0.15) is 5.56 Å². The smallest absolute Gasteiger partial charge is 0.128 e. The Bertz CT molecular complexity index is 614. The fraction of sp³-hybridized carbons (Fsp3) is 0.125. The van der Waals surface area contributed by atoms with Crippen LogP contribution in [0.5, 0.6) is 0 Å². The third-order valence-corrected chi connectivity index (χ3v) is 2.92. The van der Waals surface area contributed by atoms with E-state index in [-0.39, 0.29) is 0 Å². The first-order valence-electron chi connectivity index (χ1n) is 6.59. The summed E-state index contributed by atoms with van der Waals surface area (Å²) >= 11 is 5.56. The quantitative estimate of drug-likeness (QED) is 0.704. The van der Waals surface area contributed by atoms with Crippen LogP contribution in [0.15, 0.2) is 53.5 Å². The van der Waals surface area contributed by atoms with Gasteiger partial charge in [0.2, 0.25) is 0 Å². The SMILES string of the molecule is C=O.Nc1cccc(C2=NCCN2)c1.Nc1cccc(Cl)c1. The lowest BCUT2D eigenvalue weighted by atomic mass is 10.2. The molecule has 2 aromatic rings. The number of carbonyl (C=O) groups excluding carboxylic acids is 1. The minimum absolute atomic E-state index is 0.685. The molecule has 22 heavy (non-hydrogen) atoms. The number of halogens is 1. The van der Waals surface area contributed by atoms with E-state index in [0.717, 1.165) is 30.2 Å². The summed E-state index contributed by atoms with van der Waals surface area (Å²) in [6.45, 7) is 3.80. The number of hydrogen-bond acceptors (Lipinski definition) is 5. The monoisotopic (exact) mass is 318 g/mol. The van der Waals surface area contributed by atoms with Crippen LogP contribution >= 0.6 is 11.6 Å². The summed E-state index contributed by atoms with van der Waals surface area (Å²) in [4.78, 5) is 12.3. The highest BCUT2D eigenvalue weighted by Crippen LogP contribution is 2.10. The second-order valence-electron chi connectivity index (χ2n) is 4.34. The number of nitrogens with zero attached hydrogens (tertiary/aromatic N) is 1. The van der Waals surface area contributed by atoms with Crippen molar-refractivity contribution in [2.45, 2.75) is 0 Å². The molecule has 3 rings (SSSR count). The summed E-state index contributed by atoms with van der Waals surface area (Å²) in [6, 6.07) is 14.9. The van der Waals surface area contributed by atoms with Gasteiger partial charge in [-0.05, 0) is 30.3 Å². The molecule has 0 fully saturated rings. The molecule has 116 valence electrons. The third kappa shape index (κ3) is 5.85. The molecule has 0 bridgehead atoms. The zero-order valence-corrected chi connectivity index (χ0v) is 12.9. The maximum Gasteiger partial charge on any atom is 0.128 e. The lowest BCUT2D eigenvalue weighted by molar-refractivity contribution is -0.0979. The van der Waals surface area contributed by atoms with E-state index in [1.807, 2.05) is 37.1 Å². The van der Waals surface area contributed by atoms with Crippen LogP contribution in [-0.4, -0.2) is 25.7 Å². The molecular weight excluding hydrogens is 300 g/mol. The second kappa shape index (κ2) is 9.41. The first kappa shape index (κ1) is 17.5. The number of nitrogen functional groups attached to an aromatic ring is 2. The summed E-state index contributed by atoms with van der Waals surface area (Å²) in [5.41, 5.74) is 13.6. The van der Waals surface area contributed by atoms with Crippen molar-refractivity contribution in [3.05, 3.63) is 59.1 Å². The van der Waals surface area contributed by atoms with Crippen LogP contribution in [0.25, 0.3) is 0 Å². The largest absolute Gasteiger partial charge is 0.399 e. The van der Waals surface area contributed by atoms with Gasteiger partial charge in [0, 0.05) is 28.5 Å². The van der Waals surface area contributed by atoms with Gasteiger partial charge in [-0.3, -0.25) is 4.99 Å². The minimum Gasteiger partial charge on any atom is -0.399 e. The molecule has 6 heteroatoms. The topological polar surface area (TPSA) is 93.5 Å². The Labute approximate surface area is 135 Å². The summed E-state index contributed by atoms with van der Waals surface area (Å²) in [5, 5.41) is 3.88. The summed E-state index contributed by atoms with van der Waals surface area (Å²) in [6.07, 6.45) is 0. The van der Waals surface area contributed by atoms with Crippen molar-refractivity contribution in [1.82, 2.24) is 5.32 Å². The number of anilines is 2. The highest BCUT2D eigenvalue weighted by molar-refractivity contribution is 6.30. The maximum absolute atomic E-state index is 8.00. The van der Waals surface area contributed by atoms with Crippen molar-refractivity contribution >= 4 is 35.6 Å². The van der Waals surface area contributed by atoms with E-state index in [0.29, 0.717) is 10.7 Å². The second-order valence-corrected chi connectivity index (χ2v) is 4.77. The lowest BCUT2D eigenvalue weighted by Crippen LogP contribution is -2.19. The number of carbonyl (C=O) groups is 1. The number of aliphatic imine (C=N–C) groups is 1. The molecule has 0 aromatic heterocycles. The van der Waals surface area contributed by atoms with Crippen LogP contribution < -0.4 is 16.8 Å². The van der Waals surface area contributed by atoms with Gasteiger partial charge in [0.05, 0.1) is 6.54 Å². The molecule has 5 nitrogen and oxygen atoms in total. The van der Waals surface area contributed by atoms with E-state index in [4.69, 9.17) is 27.9 Å². The van der Waals surface area contributed by atoms with Crippen LogP contribution in [0.3, 0.4) is 0 Å². The van der Waals surface area contributed by atoms with E-state index >= 15 is 0 Å². The average molecular weight is 319 g/mol. The molecule has 0 saturated carbocycles. The highest BCUT2D eigenvalue weighted by atomic mass is 35.5. The van der Waals surface area contributed by atoms with Gasteiger partial charge in [-0.2, -0.15) is 0 Å². The zero-order valence-electron chi connectivity index (χ0n) is 12.1. The van der Waals surface area contributed by atoms with E-state index in [1.165, 1.54) is 0 Å². The van der Waals surface area contributed by atoms with Crippen LogP contribution in [-0.2, 0) is 4.79 Å². The number of nitrogens with one attached hydrogen (secondary N) is 1. The molecule has 0 unspecified atom stereocenters. The summed E-state index contributed by atoms with van der Waals surface area (Å²) in [7, 11) is 0. The molecule has 0 amide bonds. The average Bonchev–Trinajstić information content (AvgIpc) is 3.04. The first-order valence-corrected chi connectivity index (χ1v) is 6.97. The van der Waals surface area contributed by atoms with E-state index in [9.17, 15) is 0 Å². The van der Waals surface area contributed by atoms with Gasteiger partial charge in [-0.15, -0.1) is 0 Å². The molecule has 1 aliphatic heterocycles. The van der Waals surface area contributed by atoms with Gasteiger partial charge in [-0.1, -0.05) is 29.8 Å². The Balaban J connectivity index is 0.000000211. The number of amidine groups is 1. The molecule has 0 atom stereocenters. The highest BCUT2D eigenvalue weighted by Gasteiger charge is 2.06. The van der Waals surface area contributed by atoms with Crippen LogP contribution in [0, 0.1) is 0 Å². The van der Waals surface area contributed by atoms with Gasteiger partial charge in [0.15, 0.2) is 0 Å². The molecule has 5 N–H and O–H groups in total. The van der Waals surface area contributed by atoms with Crippen molar-refractivity contribution in [3.8, 4) is 0 Å². The van der Waals surface area contributed by atoms with E-state index < -0.39 is 0 Å². The minimum atomic E-state index is 0.685. The molecular formula is C16H19ClN4O. The van der Waals surface area contributed by atoms with Crippen molar-refractivity contribution < 1.29 is 4.79 Å². The molecule has 0 radical (unpaired) electrons. The van der Waals surface area contributed by atoms with Crippen LogP contribution in [0.4, 0.5) is 11.4 Å². The van der Waals surface area contributed by atoms with Gasteiger partial charge in [0.1, 0.15) is 12.6 Å². The molecule has 0 aliphatic carbocycles. The van der Waals surface area contributed by atoms with Gasteiger partial charge in [-0.25, -0.2) is 0 Å². The zero-order chi connectivity index (χ0) is 16.4. The molecule has 2 aromatic carbocycles. The van der Waals surface area contributed by atoms with Crippen molar-refractivity contribution in [3.63, 3.8) is 0 Å². The van der Waals surface area contributed by atoms with Gasteiger partial charge >= 0.3 is 0 Å². The fourth-order valence-electron chi connectivity index (χ4n) is 1.78. The Morgan fingerprint density at radius 2 is 1.68 bits per heavy atom. The van der Waals surface area contributed by atoms with E-state index in [1.54, 1.807) is 18.2 Å². The Kier molecular flexibility index (Phi) is 7.50. The number of benzene rings is 2. The Hall–Kier alpha value is -2.53. The predicted molar refractivity (Wildman–Crippen MR) is 93.2 cm³/mol. The van der Waals surface area contributed by atoms with E-state index in [2.05, 4.69) is 10.3 Å². The molecule has 0 saturated heterocycles.